The highest BCUT2D eigenvalue weighted by molar-refractivity contribution is 7.85. The molecular formula is C27H24N4O6S. The van der Waals surface area contributed by atoms with Crippen LogP contribution in [0.2, 0.25) is 0 Å². The molecule has 0 radical (unpaired) electrons. The predicted molar refractivity (Wildman–Crippen MR) is 139 cm³/mol. The Kier molecular flexibility index (Phi) is 6.47. The molecule has 2 atom stereocenters. The molecule has 2 amide bonds. The van der Waals surface area contributed by atoms with Crippen LogP contribution in [0.15, 0.2) is 83.8 Å². The minimum Gasteiger partial charge on any atom is -0.496 e. The van der Waals surface area contributed by atoms with E-state index in [9.17, 15) is 22.6 Å². The Morgan fingerprint density at radius 3 is 2.34 bits per heavy atom. The Hall–Kier alpha value is -4.48. The van der Waals surface area contributed by atoms with Gasteiger partial charge < -0.3 is 15.4 Å². The zero-order chi connectivity index (χ0) is 27.0. The second-order valence-corrected chi connectivity index (χ2v) is 10.2. The number of aryl methyl sites for hydroxylation is 1. The third-order valence-electron chi connectivity index (χ3n) is 6.43. The van der Waals surface area contributed by atoms with Crippen molar-refractivity contribution in [1.29, 1.82) is 0 Å². The SMILES string of the molecule is COc1ccc(S(=O)(=O)O)cc1[C@@H]1c2c(C)nn(-c3ccccc3)c2NC(=O)[C@@H]1NC(=O)c1ccccc1. The average Bonchev–Trinajstić information content (AvgIpc) is 3.24. The van der Waals surface area contributed by atoms with Crippen LogP contribution in [-0.4, -0.2) is 47.7 Å². The van der Waals surface area contributed by atoms with Crippen molar-refractivity contribution < 1.29 is 27.3 Å². The van der Waals surface area contributed by atoms with Crippen LogP contribution in [0.25, 0.3) is 5.69 Å². The fraction of sp³-hybridized carbons (Fsp3) is 0.148. The van der Waals surface area contributed by atoms with E-state index in [4.69, 9.17) is 4.74 Å². The molecule has 0 spiro atoms. The maximum atomic E-state index is 13.6. The highest BCUT2D eigenvalue weighted by Gasteiger charge is 2.43. The predicted octanol–water partition coefficient (Wildman–Crippen LogP) is 3.32. The van der Waals surface area contributed by atoms with E-state index in [2.05, 4.69) is 15.7 Å². The third-order valence-corrected chi connectivity index (χ3v) is 7.28. The van der Waals surface area contributed by atoms with Crippen molar-refractivity contribution in [3.05, 3.63) is 101 Å². The van der Waals surface area contributed by atoms with Gasteiger partial charge in [-0.25, -0.2) is 4.68 Å². The molecule has 4 aromatic rings. The number of para-hydroxylation sites is 1. The monoisotopic (exact) mass is 532 g/mol. The fourth-order valence-corrected chi connectivity index (χ4v) is 5.23. The highest BCUT2D eigenvalue weighted by atomic mass is 32.2. The number of ether oxygens (including phenoxy) is 1. The van der Waals surface area contributed by atoms with Crippen molar-refractivity contribution in [1.82, 2.24) is 15.1 Å². The zero-order valence-corrected chi connectivity index (χ0v) is 21.3. The molecule has 1 aromatic heterocycles. The van der Waals surface area contributed by atoms with E-state index in [0.717, 1.165) is 0 Å². The van der Waals surface area contributed by atoms with Gasteiger partial charge in [0.2, 0.25) is 5.91 Å². The van der Waals surface area contributed by atoms with Crippen LogP contribution in [0.3, 0.4) is 0 Å². The lowest BCUT2D eigenvalue weighted by Gasteiger charge is -2.33. The largest absolute Gasteiger partial charge is 0.496 e. The summed E-state index contributed by atoms with van der Waals surface area (Å²) in [7, 11) is -3.17. The number of carbonyl (C=O) groups excluding carboxylic acids is 2. The molecule has 1 aliphatic rings. The normalized spacial score (nSPS) is 16.9. The maximum absolute atomic E-state index is 13.6. The summed E-state index contributed by atoms with van der Waals surface area (Å²) < 4.78 is 40.9. The summed E-state index contributed by atoms with van der Waals surface area (Å²) in [5.41, 5.74) is 2.44. The lowest BCUT2D eigenvalue weighted by Crippen LogP contribution is -2.50. The number of methoxy groups -OCH3 is 1. The zero-order valence-electron chi connectivity index (χ0n) is 20.5. The minimum absolute atomic E-state index is 0.272. The lowest BCUT2D eigenvalue weighted by atomic mass is 9.81. The Bertz CT molecular complexity index is 1640. The fourth-order valence-electron chi connectivity index (χ4n) is 4.71. The molecule has 0 aliphatic carbocycles. The number of aromatic nitrogens is 2. The highest BCUT2D eigenvalue weighted by Crippen LogP contribution is 2.44. The number of amides is 2. The smallest absolute Gasteiger partial charge is 0.294 e. The molecular weight excluding hydrogens is 508 g/mol. The van der Waals surface area contributed by atoms with Crippen LogP contribution in [0, 0.1) is 6.92 Å². The Morgan fingerprint density at radius 2 is 1.71 bits per heavy atom. The van der Waals surface area contributed by atoms with Crippen LogP contribution >= 0.6 is 0 Å². The molecule has 0 saturated carbocycles. The Morgan fingerprint density at radius 1 is 1.05 bits per heavy atom. The molecule has 3 N–H and O–H groups in total. The lowest BCUT2D eigenvalue weighted by molar-refractivity contribution is -0.118. The van der Waals surface area contributed by atoms with Gasteiger partial charge in [-0.15, -0.1) is 0 Å². The van der Waals surface area contributed by atoms with Crippen LogP contribution in [0.4, 0.5) is 5.82 Å². The second kappa shape index (κ2) is 9.77. The first-order valence-electron chi connectivity index (χ1n) is 11.7. The van der Waals surface area contributed by atoms with E-state index >= 15 is 0 Å². The van der Waals surface area contributed by atoms with Crippen LogP contribution in [0.5, 0.6) is 5.75 Å². The van der Waals surface area contributed by atoms with Gasteiger partial charge in [0.1, 0.15) is 17.6 Å². The first-order valence-corrected chi connectivity index (χ1v) is 13.1. The molecule has 1 aliphatic heterocycles. The van der Waals surface area contributed by atoms with Gasteiger partial charge in [-0.2, -0.15) is 13.5 Å². The number of hydrogen-bond donors (Lipinski definition) is 3. The number of benzene rings is 3. The molecule has 0 unspecified atom stereocenters. The minimum atomic E-state index is -4.58. The summed E-state index contributed by atoms with van der Waals surface area (Å²) in [5, 5.41) is 10.3. The van der Waals surface area contributed by atoms with E-state index in [1.807, 2.05) is 30.3 Å². The van der Waals surface area contributed by atoms with E-state index in [0.29, 0.717) is 28.3 Å². The van der Waals surface area contributed by atoms with Gasteiger partial charge in [0, 0.05) is 22.6 Å². The molecule has 0 fully saturated rings. The van der Waals surface area contributed by atoms with Gasteiger partial charge in [0.15, 0.2) is 0 Å². The van der Waals surface area contributed by atoms with Crippen molar-refractivity contribution in [2.24, 2.45) is 0 Å². The molecule has 10 nitrogen and oxygen atoms in total. The molecule has 11 heteroatoms. The quantitative estimate of drug-likeness (QED) is 0.324. The van der Waals surface area contributed by atoms with E-state index in [1.165, 1.54) is 25.3 Å². The van der Waals surface area contributed by atoms with Gasteiger partial charge in [-0.05, 0) is 49.4 Å². The molecule has 3 aromatic carbocycles. The number of fused-ring (bicyclic) bond motifs is 1. The maximum Gasteiger partial charge on any atom is 0.294 e. The van der Waals surface area contributed by atoms with Crippen LogP contribution in [0.1, 0.15) is 33.1 Å². The first-order chi connectivity index (χ1) is 18.2. The van der Waals surface area contributed by atoms with Gasteiger partial charge >= 0.3 is 0 Å². The summed E-state index contributed by atoms with van der Waals surface area (Å²) in [4.78, 5) is 26.4. The molecule has 38 heavy (non-hydrogen) atoms. The van der Waals surface area contributed by atoms with Gasteiger partial charge in [0.05, 0.1) is 23.4 Å². The van der Waals surface area contributed by atoms with E-state index < -0.39 is 33.9 Å². The van der Waals surface area contributed by atoms with Crippen molar-refractivity contribution >= 4 is 27.8 Å². The molecule has 194 valence electrons. The van der Waals surface area contributed by atoms with Gasteiger partial charge in [-0.1, -0.05) is 36.4 Å². The average molecular weight is 533 g/mol. The van der Waals surface area contributed by atoms with E-state index in [-0.39, 0.29) is 16.2 Å². The Labute approximate surface area is 219 Å². The molecule has 0 bridgehead atoms. The topological polar surface area (TPSA) is 140 Å². The van der Waals surface area contributed by atoms with Gasteiger partial charge in [0.25, 0.3) is 16.0 Å². The molecule has 2 heterocycles. The van der Waals surface area contributed by atoms with E-state index in [1.54, 1.807) is 41.9 Å². The number of nitrogens with one attached hydrogen (secondary N) is 2. The molecule has 5 rings (SSSR count). The number of carbonyl (C=O) groups is 2. The standard InChI is InChI=1S/C27H24N4O6S/c1-16-22-23(20-15-19(38(34,35)36)13-14-21(20)37-2)24(28-26(32)17-9-5-3-6-10-17)27(33)29-25(22)31(30-16)18-11-7-4-8-12-18/h3-15,23-24H,1-2H3,(H,28,32)(H,29,33)(H,34,35,36)/t23-,24-/m1/s1. The van der Waals surface area contributed by atoms with Crippen molar-refractivity contribution in [3.8, 4) is 11.4 Å². The van der Waals surface area contributed by atoms with Gasteiger partial charge in [-0.3, -0.25) is 14.1 Å². The summed E-state index contributed by atoms with van der Waals surface area (Å²) >= 11 is 0. The summed E-state index contributed by atoms with van der Waals surface area (Å²) in [6.07, 6.45) is 0. The Balaban J connectivity index is 1.73. The summed E-state index contributed by atoms with van der Waals surface area (Å²) in [5.74, 6) is -1.26. The summed E-state index contributed by atoms with van der Waals surface area (Å²) in [6, 6.07) is 20.3. The number of anilines is 1. The number of nitrogens with zero attached hydrogens (tertiary/aromatic N) is 2. The second-order valence-electron chi connectivity index (χ2n) is 8.76. The van der Waals surface area contributed by atoms with Crippen LogP contribution < -0.4 is 15.4 Å². The summed E-state index contributed by atoms with van der Waals surface area (Å²) in [6.45, 7) is 1.76. The van der Waals surface area contributed by atoms with Crippen molar-refractivity contribution in [2.75, 3.05) is 12.4 Å². The molecule has 0 saturated heterocycles. The van der Waals surface area contributed by atoms with Crippen molar-refractivity contribution in [2.45, 2.75) is 23.8 Å². The number of rotatable bonds is 6. The third kappa shape index (κ3) is 4.53. The van der Waals surface area contributed by atoms with Crippen molar-refractivity contribution in [3.63, 3.8) is 0 Å². The number of hydrogen-bond acceptors (Lipinski definition) is 6. The first kappa shape index (κ1) is 25.2. The van der Waals surface area contributed by atoms with Crippen LogP contribution in [-0.2, 0) is 14.9 Å².